The van der Waals surface area contributed by atoms with Crippen molar-refractivity contribution in [1.29, 1.82) is 0 Å². The van der Waals surface area contributed by atoms with E-state index in [-0.39, 0.29) is 0 Å². The van der Waals surface area contributed by atoms with Crippen molar-refractivity contribution in [3.63, 3.8) is 0 Å². The Morgan fingerprint density at radius 3 is 1.27 bits per heavy atom. The molecule has 0 spiro atoms. The maximum Gasteiger partial charge on any atom is 0.237 e. The van der Waals surface area contributed by atoms with Crippen LogP contribution in [0.4, 0.5) is 0 Å². The summed E-state index contributed by atoms with van der Waals surface area (Å²) in [5.74, 6) is 0. The molecule has 0 rings (SSSR count). The summed E-state index contributed by atoms with van der Waals surface area (Å²) in [5, 5.41) is 0. The first-order valence-electron chi connectivity index (χ1n) is 3.60. The van der Waals surface area contributed by atoms with Crippen molar-refractivity contribution in [2.24, 2.45) is 0 Å². The molecule has 0 unspecified atom stereocenters. The molecule has 0 aromatic carbocycles. The molecular weight excluding hydrogens is 258 g/mol. The first-order chi connectivity index (χ1) is 5.04. The minimum Gasteiger partial charge on any atom is -0.150 e. The van der Waals surface area contributed by atoms with E-state index in [0.29, 0.717) is 0 Å². The van der Waals surface area contributed by atoms with Crippen molar-refractivity contribution in [2.75, 3.05) is 0 Å². The van der Waals surface area contributed by atoms with Gasteiger partial charge in [-0.05, 0) is 12.1 Å². The second-order valence-corrected chi connectivity index (χ2v) is 12.6. The Hall–Kier alpha value is 1.59. The molecule has 0 aliphatic carbocycles. The second kappa shape index (κ2) is 11.6. The lowest BCUT2D eigenvalue weighted by molar-refractivity contribution is 1.08. The smallest absolute Gasteiger partial charge is 0.150 e. The molecule has 0 saturated carbocycles. The van der Waals surface area contributed by atoms with E-state index in [9.17, 15) is 0 Å². The van der Waals surface area contributed by atoms with Crippen LogP contribution < -0.4 is 0 Å². The van der Waals surface area contributed by atoms with Gasteiger partial charge in [0, 0.05) is 0 Å². The Morgan fingerprint density at radius 2 is 1.27 bits per heavy atom. The van der Waals surface area contributed by atoms with Crippen LogP contribution in [0.15, 0.2) is 0 Å². The maximum atomic E-state index is 5.48. The normalized spacial score (nSPS) is 9.82. The van der Waals surface area contributed by atoms with Gasteiger partial charge in [0.1, 0.15) is 0 Å². The molecule has 0 amide bonds. The van der Waals surface area contributed by atoms with Crippen molar-refractivity contribution in [3.05, 3.63) is 0 Å². The standard InChI is InChI=1S/C3H8Cl2Si.C2H6Cl2Si/c1-2-3-6(4)5;1-2-5(3)4/h6H,2-3H2,1H3;5H,2H2,1H3. The van der Waals surface area contributed by atoms with E-state index in [1.54, 1.807) is 0 Å². The molecule has 0 aliphatic heterocycles. The summed E-state index contributed by atoms with van der Waals surface area (Å²) in [7, 11) is -2.43. The molecule has 0 aliphatic rings. The predicted molar refractivity (Wildman–Crippen MR) is 63.3 cm³/mol. The molecule has 0 nitrogen and oxygen atoms in total. The zero-order valence-electron chi connectivity index (χ0n) is 6.79. The van der Waals surface area contributed by atoms with E-state index < -0.39 is 14.8 Å². The SMILES string of the molecule is CCC[SiH](Cl)Cl.CC[SiH](Cl)Cl. The number of halogens is 4. The molecule has 0 radical (unpaired) electrons. The van der Waals surface area contributed by atoms with Gasteiger partial charge in [0.05, 0.1) is 0 Å². The molecule has 0 heterocycles. The van der Waals surface area contributed by atoms with Gasteiger partial charge in [-0.15, -0.1) is 0 Å². The first-order valence-corrected chi connectivity index (χ1v) is 12.2. The molecule has 0 aromatic heterocycles. The van der Waals surface area contributed by atoms with Gasteiger partial charge in [-0.2, -0.15) is 44.3 Å². The third kappa shape index (κ3) is 24.5. The predicted octanol–water partition coefficient (Wildman–Crippen LogP) is 3.80. The van der Waals surface area contributed by atoms with Crippen molar-refractivity contribution in [2.45, 2.75) is 32.4 Å². The van der Waals surface area contributed by atoms with Gasteiger partial charge in [0.2, 0.25) is 14.8 Å². The summed E-state index contributed by atoms with van der Waals surface area (Å²) in [4.78, 5) is 0. The minimum absolute atomic E-state index is 0.975. The Morgan fingerprint density at radius 1 is 0.909 bits per heavy atom. The fourth-order valence-electron chi connectivity index (χ4n) is 0.218. The Bertz CT molecular complexity index is 69.5. The van der Waals surface area contributed by atoms with Gasteiger partial charge in [0.25, 0.3) is 0 Å². The van der Waals surface area contributed by atoms with E-state index >= 15 is 0 Å². The van der Waals surface area contributed by atoms with Gasteiger partial charge in [-0.1, -0.05) is 20.3 Å². The second-order valence-electron chi connectivity index (χ2n) is 1.98. The summed E-state index contributed by atoms with van der Waals surface area (Å²) in [6, 6.07) is 2.02. The molecule has 0 fully saturated rings. The van der Waals surface area contributed by atoms with Crippen LogP contribution >= 0.6 is 44.3 Å². The van der Waals surface area contributed by atoms with Crippen molar-refractivity contribution >= 4 is 59.1 Å². The lowest BCUT2D eigenvalue weighted by Gasteiger charge is -1.87. The van der Waals surface area contributed by atoms with Gasteiger partial charge in [-0.3, -0.25) is 0 Å². The van der Waals surface area contributed by atoms with E-state index in [0.717, 1.165) is 18.5 Å². The lowest BCUT2D eigenvalue weighted by Crippen LogP contribution is -1.87. The van der Waals surface area contributed by atoms with E-state index in [1.807, 2.05) is 6.92 Å². The van der Waals surface area contributed by atoms with Gasteiger partial charge in [-0.25, -0.2) is 0 Å². The van der Waals surface area contributed by atoms with Crippen LogP contribution in [-0.2, 0) is 0 Å². The zero-order valence-corrected chi connectivity index (χ0v) is 12.1. The first kappa shape index (κ1) is 15.1. The van der Waals surface area contributed by atoms with Gasteiger partial charge in [0.15, 0.2) is 0 Å². The van der Waals surface area contributed by atoms with Crippen molar-refractivity contribution in [3.8, 4) is 0 Å². The zero-order chi connectivity index (χ0) is 9.28. The molecule has 70 valence electrons. The number of hydrogen-bond donors (Lipinski definition) is 0. The highest BCUT2D eigenvalue weighted by molar-refractivity contribution is 7.34. The molecule has 0 aromatic rings. The molecule has 0 saturated heterocycles. The van der Waals surface area contributed by atoms with Crippen molar-refractivity contribution in [1.82, 2.24) is 0 Å². The summed E-state index contributed by atoms with van der Waals surface area (Å²) < 4.78 is 0. The molecule has 11 heavy (non-hydrogen) atoms. The topological polar surface area (TPSA) is 0 Å². The maximum absolute atomic E-state index is 5.48. The van der Waals surface area contributed by atoms with Crippen LogP contribution in [0.5, 0.6) is 0 Å². The minimum atomic E-state index is -1.23. The van der Waals surface area contributed by atoms with E-state index in [2.05, 4.69) is 6.92 Å². The van der Waals surface area contributed by atoms with E-state index in [4.69, 9.17) is 44.3 Å². The molecule has 6 heteroatoms. The largest absolute Gasteiger partial charge is 0.237 e. The number of rotatable bonds is 3. The average molecular weight is 272 g/mol. The lowest BCUT2D eigenvalue weighted by atomic mass is 10.6. The highest BCUT2D eigenvalue weighted by atomic mass is 35.7. The van der Waals surface area contributed by atoms with Gasteiger partial charge >= 0.3 is 0 Å². The molecule has 0 atom stereocenters. The highest BCUT2D eigenvalue weighted by Crippen LogP contribution is 2.04. The summed E-state index contributed by atoms with van der Waals surface area (Å²) >= 11 is 21.7. The molecule has 0 bridgehead atoms. The third-order valence-corrected chi connectivity index (χ3v) is 5.61. The highest BCUT2D eigenvalue weighted by Gasteiger charge is 1.95. The van der Waals surface area contributed by atoms with Crippen molar-refractivity contribution < 1.29 is 0 Å². The third-order valence-electron chi connectivity index (χ3n) is 0.815. The molecule has 0 N–H and O–H groups in total. The molecular formula is C5H14Cl4Si2. The fourth-order valence-corrected chi connectivity index (χ4v) is 1.96. The summed E-state index contributed by atoms with van der Waals surface area (Å²) in [6.45, 7) is 4.08. The Labute approximate surface area is 91.2 Å². The van der Waals surface area contributed by atoms with Crippen LogP contribution in [0.2, 0.25) is 12.1 Å². The van der Waals surface area contributed by atoms with Crippen LogP contribution in [0.25, 0.3) is 0 Å². The number of hydrogen-bond acceptors (Lipinski definition) is 0. The fraction of sp³-hybridized carbons (Fsp3) is 1.00. The Kier molecular flexibility index (Phi) is 15.9. The van der Waals surface area contributed by atoms with Crippen LogP contribution in [0.3, 0.4) is 0 Å². The van der Waals surface area contributed by atoms with Crippen LogP contribution in [-0.4, -0.2) is 14.8 Å². The summed E-state index contributed by atoms with van der Waals surface area (Å²) in [6.07, 6.45) is 1.13. The van der Waals surface area contributed by atoms with Gasteiger partial charge < -0.3 is 0 Å². The summed E-state index contributed by atoms with van der Waals surface area (Å²) in [5.41, 5.74) is 0. The monoisotopic (exact) mass is 270 g/mol. The van der Waals surface area contributed by atoms with Crippen LogP contribution in [0, 0.1) is 0 Å². The van der Waals surface area contributed by atoms with Crippen LogP contribution in [0.1, 0.15) is 20.3 Å². The average Bonchev–Trinajstić information content (AvgIpc) is 1.89. The van der Waals surface area contributed by atoms with E-state index in [1.165, 1.54) is 0 Å². The quantitative estimate of drug-likeness (QED) is 0.541. The Balaban J connectivity index is 0.